The fourth-order valence-corrected chi connectivity index (χ4v) is 1.87. The van der Waals surface area contributed by atoms with E-state index in [0.717, 1.165) is 0 Å². The van der Waals surface area contributed by atoms with Crippen molar-refractivity contribution in [1.29, 1.82) is 0 Å². The Morgan fingerprint density at radius 2 is 1.33 bits per heavy atom. The highest BCUT2D eigenvalue weighted by molar-refractivity contribution is 6.59. The molecule has 0 spiro atoms. The molecule has 0 aliphatic heterocycles. The van der Waals surface area contributed by atoms with Crippen molar-refractivity contribution >= 4 is 12.6 Å². The zero-order valence-corrected chi connectivity index (χ0v) is 11.7. The predicted molar refractivity (Wildman–Crippen MR) is 80.3 cm³/mol. The summed E-state index contributed by atoms with van der Waals surface area (Å²) in [4.78, 5) is 0. The van der Waals surface area contributed by atoms with Gasteiger partial charge < -0.3 is 24.3 Å². The van der Waals surface area contributed by atoms with Crippen molar-refractivity contribution in [3.8, 4) is 17.2 Å². The van der Waals surface area contributed by atoms with Crippen molar-refractivity contribution in [2.24, 2.45) is 0 Å². The molecule has 0 radical (unpaired) electrons. The summed E-state index contributed by atoms with van der Waals surface area (Å²) in [7, 11) is 0.0220. The van der Waals surface area contributed by atoms with Gasteiger partial charge >= 0.3 is 7.12 Å². The SMILES string of the molecule is COc1ccccc1OCCOc1ccccc1B(O)O. The normalized spacial score (nSPS) is 10.0. The van der Waals surface area contributed by atoms with Gasteiger partial charge in [0, 0.05) is 5.46 Å². The first-order valence-corrected chi connectivity index (χ1v) is 6.56. The third kappa shape index (κ3) is 4.14. The molecule has 6 heteroatoms. The standard InChI is InChI=1S/C15H17BO5/c1-19-14-8-4-5-9-15(14)21-11-10-20-13-7-3-2-6-12(13)16(17)18/h2-9,17-18H,10-11H2,1H3. The van der Waals surface area contributed by atoms with E-state index in [1.807, 2.05) is 24.3 Å². The monoisotopic (exact) mass is 288 g/mol. The Balaban J connectivity index is 1.88. The van der Waals surface area contributed by atoms with Gasteiger partial charge in [0.2, 0.25) is 0 Å². The molecule has 0 aromatic heterocycles. The van der Waals surface area contributed by atoms with Crippen molar-refractivity contribution in [2.75, 3.05) is 20.3 Å². The maximum absolute atomic E-state index is 9.24. The van der Waals surface area contributed by atoms with Crippen LogP contribution in [0.2, 0.25) is 0 Å². The van der Waals surface area contributed by atoms with Gasteiger partial charge in [0.15, 0.2) is 11.5 Å². The molecule has 2 aromatic carbocycles. The first-order chi connectivity index (χ1) is 10.2. The second-order valence-electron chi connectivity index (χ2n) is 4.26. The molecule has 0 saturated heterocycles. The van der Waals surface area contributed by atoms with Gasteiger partial charge in [0.1, 0.15) is 19.0 Å². The Morgan fingerprint density at radius 3 is 1.95 bits per heavy atom. The van der Waals surface area contributed by atoms with E-state index in [-0.39, 0.29) is 6.61 Å². The predicted octanol–water partition coefficient (Wildman–Crippen LogP) is 0.833. The van der Waals surface area contributed by atoms with Crippen LogP contribution in [0.15, 0.2) is 48.5 Å². The molecule has 0 fully saturated rings. The van der Waals surface area contributed by atoms with Gasteiger partial charge in [0.25, 0.3) is 0 Å². The molecule has 2 N–H and O–H groups in total. The van der Waals surface area contributed by atoms with Crippen LogP contribution < -0.4 is 19.7 Å². The fraction of sp³-hybridized carbons (Fsp3) is 0.200. The molecule has 0 atom stereocenters. The molecule has 0 saturated carbocycles. The van der Waals surface area contributed by atoms with Crippen LogP contribution in [0.4, 0.5) is 0 Å². The number of para-hydroxylation sites is 3. The first kappa shape index (κ1) is 15.2. The molecule has 0 aliphatic rings. The summed E-state index contributed by atoms with van der Waals surface area (Å²) in [5.41, 5.74) is 0.329. The summed E-state index contributed by atoms with van der Waals surface area (Å²) in [6.45, 7) is 0.595. The lowest BCUT2D eigenvalue weighted by atomic mass is 9.79. The number of methoxy groups -OCH3 is 1. The number of benzene rings is 2. The van der Waals surface area contributed by atoms with Crippen molar-refractivity contribution in [3.63, 3.8) is 0 Å². The molecule has 0 bridgehead atoms. The summed E-state index contributed by atoms with van der Waals surface area (Å²) in [6.07, 6.45) is 0. The van der Waals surface area contributed by atoms with E-state index in [9.17, 15) is 10.0 Å². The van der Waals surface area contributed by atoms with Gasteiger partial charge in [-0.3, -0.25) is 0 Å². The van der Waals surface area contributed by atoms with Gasteiger partial charge in [-0.1, -0.05) is 30.3 Å². The number of ether oxygens (including phenoxy) is 3. The Hall–Kier alpha value is -2.18. The molecular weight excluding hydrogens is 271 g/mol. The number of rotatable bonds is 7. The van der Waals surface area contributed by atoms with Crippen molar-refractivity contribution in [2.45, 2.75) is 0 Å². The minimum Gasteiger partial charge on any atom is -0.493 e. The van der Waals surface area contributed by atoms with Crippen LogP contribution >= 0.6 is 0 Å². The number of hydrogen-bond donors (Lipinski definition) is 2. The maximum Gasteiger partial charge on any atom is 0.492 e. The zero-order chi connectivity index (χ0) is 15.1. The van der Waals surface area contributed by atoms with E-state index >= 15 is 0 Å². The van der Waals surface area contributed by atoms with Crippen LogP contribution in [0.5, 0.6) is 17.2 Å². The van der Waals surface area contributed by atoms with E-state index < -0.39 is 7.12 Å². The molecule has 5 nitrogen and oxygen atoms in total. The summed E-state index contributed by atoms with van der Waals surface area (Å²) in [6, 6.07) is 14.1. The second kappa shape index (κ2) is 7.57. The molecule has 0 amide bonds. The van der Waals surface area contributed by atoms with E-state index in [1.54, 1.807) is 31.4 Å². The van der Waals surface area contributed by atoms with Gasteiger partial charge in [0.05, 0.1) is 7.11 Å². The minimum absolute atomic E-state index is 0.280. The second-order valence-corrected chi connectivity index (χ2v) is 4.26. The van der Waals surface area contributed by atoms with Crippen LogP contribution in [-0.4, -0.2) is 37.5 Å². The van der Waals surface area contributed by atoms with Gasteiger partial charge in [-0.05, 0) is 18.2 Å². The molecule has 2 rings (SSSR count). The van der Waals surface area contributed by atoms with Crippen molar-refractivity contribution < 1.29 is 24.3 Å². The van der Waals surface area contributed by atoms with Crippen LogP contribution in [0.25, 0.3) is 0 Å². The molecule has 0 heterocycles. The summed E-state index contributed by atoms with van der Waals surface area (Å²) in [5, 5.41) is 18.5. The Morgan fingerprint density at radius 1 is 0.810 bits per heavy atom. The highest BCUT2D eigenvalue weighted by Gasteiger charge is 2.16. The topological polar surface area (TPSA) is 68.2 Å². The summed E-state index contributed by atoms with van der Waals surface area (Å²) in [5.74, 6) is 1.72. The average molecular weight is 288 g/mol. The Bertz CT molecular complexity index is 573. The van der Waals surface area contributed by atoms with Crippen molar-refractivity contribution in [3.05, 3.63) is 48.5 Å². The first-order valence-electron chi connectivity index (χ1n) is 6.56. The van der Waals surface area contributed by atoms with Gasteiger partial charge in [-0.25, -0.2) is 0 Å². The molecule has 21 heavy (non-hydrogen) atoms. The maximum atomic E-state index is 9.24. The molecule has 0 aliphatic carbocycles. The molecule has 0 unspecified atom stereocenters. The quantitative estimate of drug-likeness (QED) is 0.583. The highest BCUT2D eigenvalue weighted by Crippen LogP contribution is 2.25. The fourth-order valence-electron chi connectivity index (χ4n) is 1.87. The Kier molecular flexibility index (Phi) is 5.48. The van der Waals surface area contributed by atoms with Crippen LogP contribution in [0, 0.1) is 0 Å². The van der Waals surface area contributed by atoms with E-state index in [1.165, 1.54) is 0 Å². The lowest BCUT2D eigenvalue weighted by Crippen LogP contribution is -2.31. The lowest BCUT2D eigenvalue weighted by molar-refractivity contribution is 0.212. The van der Waals surface area contributed by atoms with Crippen molar-refractivity contribution in [1.82, 2.24) is 0 Å². The highest BCUT2D eigenvalue weighted by atomic mass is 16.5. The van der Waals surface area contributed by atoms with Gasteiger partial charge in [-0.2, -0.15) is 0 Å². The lowest BCUT2D eigenvalue weighted by Gasteiger charge is -2.13. The smallest absolute Gasteiger partial charge is 0.492 e. The third-order valence-corrected chi connectivity index (χ3v) is 2.86. The Labute approximate surface area is 123 Å². The van der Waals surface area contributed by atoms with E-state index in [2.05, 4.69) is 0 Å². The van der Waals surface area contributed by atoms with E-state index in [0.29, 0.717) is 29.3 Å². The molecule has 2 aromatic rings. The largest absolute Gasteiger partial charge is 0.493 e. The summed E-state index contributed by atoms with van der Waals surface area (Å²) >= 11 is 0. The molecule has 110 valence electrons. The zero-order valence-electron chi connectivity index (χ0n) is 11.7. The van der Waals surface area contributed by atoms with E-state index in [4.69, 9.17) is 14.2 Å². The van der Waals surface area contributed by atoms with Gasteiger partial charge in [-0.15, -0.1) is 0 Å². The minimum atomic E-state index is -1.56. The molecular formula is C15H17BO5. The van der Waals surface area contributed by atoms with Crippen LogP contribution in [-0.2, 0) is 0 Å². The third-order valence-electron chi connectivity index (χ3n) is 2.86. The van der Waals surface area contributed by atoms with Crippen LogP contribution in [0.3, 0.4) is 0 Å². The average Bonchev–Trinajstić information content (AvgIpc) is 2.52. The number of hydrogen-bond acceptors (Lipinski definition) is 5. The summed E-state index contributed by atoms with van der Waals surface area (Å²) < 4.78 is 16.3. The van der Waals surface area contributed by atoms with Crippen LogP contribution in [0.1, 0.15) is 0 Å².